The van der Waals surface area contributed by atoms with E-state index < -0.39 is 44.4 Å². The molecule has 0 aliphatic carbocycles. The van der Waals surface area contributed by atoms with Crippen LogP contribution in [0.15, 0.2) is 53.6 Å². The van der Waals surface area contributed by atoms with Crippen molar-refractivity contribution in [1.29, 1.82) is 0 Å². The van der Waals surface area contributed by atoms with E-state index in [0.29, 0.717) is 11.4 Å². The highest BCUT2D eigenvalue weighted by Gasteiger charge is 2.55. The second kappa shape index (κ2) is 9.86. The summed E-state index contributed by atoms with van der Waals surface area (Å²) in [6.07, 6.45) is 1.55. The first-order valence-electron chi connectivity index (χ1n) is 9.48. The van der Waals surface area contributed by atoms with E-state index >= 15 is 0 Å². The summed E-state index contributed by atoms with van der Waals surface area (Å²) in [6, 6.07) is 8.77. The molecule has 10 nitrogen and oxygen atoms in total. The molecule has 2 atom stereocenters. The van der Waals surface area contributed by atoms with Crippen LogP contribution in [0.2, 0.25) is 0 Å². The summed E-state index contributed by atoms with van der Waals surface area (Å²) in [5, 5.41) is 13.8. The molecule has 4 N–H and O–H groups in total. The van der Waals surface area contributed by atoms with Gasteiger partial charge in [0.25, 0.3) is 11.8 Å². The number of ether oxygens (including phenoxy) is 1. The van der Waals surface area contributed by atoms with E-state index in [-0.39, 0.29) is 11.4 Å². The molecule has 1 heterocycles. The van der Waals surface area contributed by atoms with Gasteiger partial charge < -0.3 is 15.8 Å². The van der Waals surface area contributed by atoms with E-state index in [0.717, 1.165) is 0 Å². The minimum absolute atomic E-state index is 0.0190. The number of quaternary nitrogens is 1. The molecule has 0 aliphatic rings. The quantitative estimate of drug-likeness (QED) is 0.357. The van der Waals surface area contributed by atoms with Gasteiger partial charge in [-0.25, -0.2) is 0 Å². The number of aromatic nitrogens is 1. The Balaban J connectivity index is 2.42. The summed E-state index contributed by atoms with van der Waals surface area (Å²) in [7, 11) is -3.21. The van der Waals surface area contributed by atoms with Gasteiger partial charge in [-0.3, -0.25) is 14.6 Å². The van der Waals surface area contributed by atoms with Crippen LogP contribution in [0.5, 0.6) is 5.75 Å². The zero-order valence-corrected chi connectivity index (χ0v) is 18.4. The molecule has 31 heavy (non-hydrogen) atoms. The van der Waals surface area contributed by atoms with Crippen molar-refractivity contribution in [1.82, 2.24) is 10.3 Å². The van der Waals surface area contributed by atoms with Gasteiger partial charge in [0.1, 0.15) is 10.6 Å². The molecule has 0 radical (unpaired) electrons. The van der Waals surface area contributed by atoms with Crippen LogP contribution in [0, 0.1) is 5.92 Å². The minimum atomic E-state index is -4.63. The van der Waals surface area contributed by atoms with E-state index in [1.807, 2.05) is 0 Å². The first-order valence-corrected chi connectivity index (χ1v) is 10.9. The number of carbonyl (C=O) groups is 2. The third-order valence-electron chi connectivity index (χ3n) is 4.69. The molecule has 1 aromatic carbocycles. The van der Waals surface area contributed by atoms with Crippen LogP contribution >= 0.6 is 0 Å². The number of carbonyl (C=O) groups excluding carboxylic acids is 2. The zero-order chi connectivity index (χ0) is 23.2. The summed E-state index contributed by atoms with van der Waals surface area (Å²) in [4.78, 5) is 28.5. The van der Waals surface area contributed by atoms with Crippen LogP contribution in [-0.2, 0) is 26.2 Å². The number of amides is 2. The molecule has 1 unspecified atom stereocenters. The predicted molar refractivity (Wildman–Crippen MR) is 111 cm³/mol. The summed E-state index contributed by atoms with van der Waals surface area (Å²) in [5.41, 5.74) is 5.99. The van der Waals surface area contributed by atoms with Gasteiger partial charge in [0.05, 0.1) is 19.3 Å². The topological polar surface area (TPSA) is 149 Å². The van der Waals surface area contributed by atoms with Gasteiger partial charge in [0, 0.05) is 12.1 Å². The average Bonchev–Trinajstić information content (AvgIpc) is 2.72. The van der Waals surface area contributed by atoms with Crippen LogP contribution in [0.1, 0.15) is 19.5 Å². The second-order valence-corrected chi connectivity index (χ2v) is 9.31. The smallest absolute Gasteiger partial charge is 0.358 e. The van der Waals surface area contributed by atoms with Gasteiger partial charge in [-0.2, -0.15) is 13.6 Å². The SMILES string of the molecule is COc1ccc(S(=O)(=O)[N+](O)(CC(=O)NCc2ccccn2)[C@@H](C(N)=O)C(C)C)cc1. The summed E-state index contributed by atoms with van der Waals surface area (Å²) >= 11 is 0. The summed E-state index contributed by atoms with van der Waals surface area (Å²) in [5.74, 6) is -2.12. The molecule has 0 aliphatic heterocycles. The Hall–Kier alpha value is -3.02. The maximum absolute atomic E-state index is 13.4. The first-order chi connectivity index (χ1) is 14.5. The molecule has 11 heteroatoms. The standard InChI is InChI=1S/C20H26N4O6S/c1-14(2)19(20(21)26)24(27,13-18(25)23-12-15-6-4-5-11-22-15)31(28,29)17-9-7-16(30-3)8-10-17/h4-11,14,19,27H,12-13H2,1-3H3,(H2-,21,23,25,26)/p+1/t19-,24?/m1/s1. The maximum atomic E-state index is 13.4. The third-order valence-corrected chi connectivity index (χ3v) is 6.75. The lowest BCUT2D eigenvalue weighted by molar-refractivity contribution is -1.01. The number of nitrogens with two attached hydrogens (primary N) is 1. The van der Waals surface area contributed by atoms with Crippen LogP contribution in [-0.4, -0.2) is 54.2 Å². The molecule has 0 bridgehead atoms. The van der Waals surface area contributed by atoms with Gasteiger partial charge >= 0.3 is 10.0 Å². The molecule has 2 amide bonds. The number of sulfonamides is 1. The summed E-state index contributed by atoms with van der Waals surface area (Å²) < 4.78 is 29.9. The van der Waals surface area contributed by atoms with Gasteiger partial charge in [0.2, 0.25) is 12.6 Å². The molecular weight excluding hydrogens is 424 g/mol. The second-order valence-electron chi connectivity index (χ2n) is 7.25. The van der Waals surface area contributed by atoms with Crippen molar-refractivity contribution in [3.05, 3.63) is 54.4 Å². The van der Waals surface area contributed by atoms with Crippen molar-refractivity contribution >= 4 is 21.8 Å². The van der Waals surface area contributed by atoms with Crippen LogP contribution < -0.4 is 15.8 Å². The Bertz CT molecular complexity index is 1010. The molecule has 0 spiro atoms. The Morgan fingerprint density at radius 2 is 1.84 bits per heavy atom. The number of pyridine rings is 1. The fourth-order valence-corrected chi connectivity index (χ4v) is 4.99. The lowest BCUT2D eigenvalue weighted by Gasteiger charge is -2.35. The van der Waals surface area contributed by atoms with Crippen LogP contribution in [0.25, 0.3) is 0 Å². The number of benzene rings is 1. The highest BCUT2D eigenvalue weighted by Crippen LogP contribution is 2.30. The van der Waals surface area contributed by atoms with E-state index in [1.165, 1.54) is 45.2 Å². The average molecular weight is 452 g/mol. The molecular formula is C20H27N4O6S+. The predicted octanol–water partition coefficient (Wildman–Crippen LogP) is 0.811. The van der Waals surface area contributed by atoms with Crippen molar-refractivity contribution in [2.24, 2.45) is 11.7 Å². The monoisotopic (exact) mass is 451 g/mol. The Morgan fingerprint density at radius 1 is 1.19 bits per heavy atom. The lowest BCUT2D eigenvalue weighted by Crippen LogP contribution is -2.65. The van der Waals surface area contributed by atoms with Crippen molar-refractivity contribution in [3.8, 4) is 5.75 Å². The van der Waals surface area contributed by atoms with Crippen LogP contribution in [0.4, 0.5) is 0 Å². The number of hydrogen-bond donors (Lipinski definition) is 3. The zero-order valence-electron chi connectivity index (χ0n) is 17.6. The third kappa shape index (κ3) is 5.37. The molecule has 2 aromatic rings. The van der Waals surface area contributed by atoms with Crippen molar-refractivity contribution in [2.45, 2.75) is 31.3 Å². The van der Waals surface area contributed by atoms with Gasteiger partial charge in [0.15, 0.2) is 0 Å². The Labute approximate surface area is 181 Å². The van der Waals surface area contributed by atoms with Crippen molar-refractivity contribution in [2.75, 3.05) is 13.7 Å². The normalized spacial score (nSPS) is 14.5. The van der Waals surface area contributed by atoms with Crippen molar-refractivity contribution < 1.29 is 32.0 Å². The van der Waals surface area contributed by atoms with Gasteiger partial charge in [-0.15, -0.1) is 0 Å². The highest BCUT2D eigenvalue weighted by molar-refractivity contribution is 7.85. The Kier molecular flexibility index (Phi) is 7.71. The fourth-order valence-electron chi connectivity index (χ4n) is 3.21. The molecule has 0 fully saturated rings. The molecule has 0 saturated heterocycles. The highest BCUT2D eigenvalue weighted by atomic mass is 32.2. The van der Waals surface area contributed by atoms with Gasteiger partial charge in [-0.1, -0.05) is 24.0 Å². The van der Waals surface area contributed by atoms with Crippen molar-refractivity contribution in [3.63, 3.8) is 0 Å². The summed E-state index contributed by atoms with van der Waals surface area (Å²) in [6.45, 7) is 2.15. The number of rotatable bonds is 10. The molecule has 2 rings (SSSR count). The number of primary amides is 1. The Morgan fingerprint density at radius 3 is 2.32 bits per heavy atom. The van der Waals surface area contributed by atoms with Gasteiger partial charge in [-0.05, 0) is 36.4 Å². The number of hydroxylamine groups is 2. The van der Waals surface area contributed by atoms with Crippen LogP contribution in [0.3, 0.4) is 0 Å². The van der Waals surface area contributed by atoms with E-state index in [4.69, 9.17) is 10.5 Å². The van der Waals surface area contributed by atoms with E-state index in [1.54, 1.807) is 24.4 Å². The maximum Gasteiger partial charge on any atom is 0.358 e. The number of nitrogens with one attached hydrogen (secondary N) is 1. The largest absolute Gasteiger partial charge is 0.497 e. The first kappa shape index (κ1) is 24.3. The number of methoxy groups -OCH3 is 1. The number of nitrogens with zero attached hydrogens (tertiary/aromatic N) is 2. The minimum Gasteiger partial charge on any atom is -0.497 e. The van der Waals surface area contributed by atoms with E-state index in [2.05, 4.69) is 10.3 Å². The molecule has 168 valence electrons. The number of hydrogen-bond acceptors (Lipinski definition) is 7. The molecule has 1 aromatic heterocycles. The molecule has 0 saturated carbocycles. The fraction of sp³-hybridized carbons (Fsp3) is 0.350. The lowest BCUT2D eigenvalue weighted by atomic mass is 10.0. The van der Waals surface area contributed by atoms with E-state index in [9.17, 15) is 23.2 Å².